The van der Waals surface area contributed by atoms with Gasteiger partial charge in [0.15, 0.2) is 5.11 Å². The maximum atomic E-state index is 13.1. The zero-order valence-corrected chi connectivity index (χ0v) is 16.8. The van der Waals surface area contributed by atoms with Gasteiger partial charge in [-0.1, -0.05) is 0 Å². The summed E-state index contributed by atoms with van der Waals surface area (Å²) in [5.41, 5.74) is 0.694. The fourth-order valence-corrected chi connectivity index (χ4v) is 3.82. The number of anilines is 1. The number of benzene rings is 2. The van der Waals surface area contributed by atoms with Crippen molar-refractivity contribution in [1.29, 1.82) is 0 Å². The molecule has 0 aliphatic carbocycles. The minimum atomic E-state index is -0.640. The Labute approximate surface area is 169 Å². The van der Waals surface area contributed by atoms with Crippen molar-refractivity contribution in [3.8, 4) is 5.75 Å². The molecule has 1 heterocycles. The van der Waals surface area contributed by atoms with Crippen molar-refractivity contribution in [1.82, 2.24) is 5.32 Å². The lowest BCUT2D eigenvalue weighted by atomic mass is 10.1. The van der Waals surface area contributed by atoms with Crippen molar-refractivity contribution in [3.05, 3.63) is 62.3 Å². The van der Waals surface area contributed by atoms with Crippen LogP contribution in [0.1, 0.15) is 5.56 Å². The first-order valence-corrected chi connectivity index (χ1v) is 9.12. The predicted molar refractivity (Wildman–Crippen MR) is 106 cm³/mol. The molecule has 2 aromatic carbocycles. The second kappa shape index (κ2) is 7.26. The Morgan fingerprint density at radius 2 is 1.69 bits per heavy atom. The molecular formula is C17H9Br2FN2O3S. The van der Waals surface area contributed by atoms with E-state index >= 15 is 0 Å². The van der Waals surface area contributed by atoms with Gasteiger partial charge in [0.25, 0.3) is 11.8 Å². The largest absolute Gasteiger partial charge is 0.506 e. The Balaban J connectivity index is 2.04. The van der Waals surface area contributed by atoms with Crippen LogP contribution in [0.4, 0.5) is 10.1 Å². The number of nitrogens with one attached hydrogen (secondary N) is 1. The van der Waals surface area contributed by atoms with Crippen LogP contribution in [-0.2, 0) is 9.59 Å². The van der Waals surface area contributed by atoms with Crippen LogP contribution in [0.15, 0.2) is 50.9 Å². The Kier molecular flexibility index (Phi) is 5.22. The summed E-state index contributed by atoms with van der Waals surface area (Å²) < 4.78 is 13.9. The van der Waals surface area contributed by atoms with Crippen LogP contribution in [-0.4, -0.2) is 22.0 Å². The number of nitrogens with zero attached hydrogens (tertiary/aromatic N) is 1. The number of phenolic OH excluding ortho intramolecular Hbond substituents is 1. The Morgan fingerprint density at radius 3 is 2.27 bits per heavy atom. The number of rotatable bonds is 2. The molecule has 2 aromatic rings. The van der Waals surface area contributed by atoms with E-state index in [1.54, 1.807) is 12.1 Å². The third-order valence-corrected chi connectivity index (χ3v) is 5.03. The summed E-state index contributed by atoms with van der Waals surface area (Å²) in [6.07, 6.45) is 1.38. The number of thiocarbonyl (C=S) groups is 1. The summed E-state index contributed by atoms with van der Waals surface area (Å²) in [7, 11) is 0. The van der Waals surface area contributed by atoms with Crippen molar-refractivity contribution in [3.63, 3.8) is 0 Å². The number of carbonyl (C=O) groups is 2. The molecule has 0 spiro atoms. The van der Waals surface area contributed by atoms with E-state index in [2.05, 4.69) is 37.2 Å². The van der Waals surface area contributed by atoms with Gasteiger partial charge in [-0.3, -0.25) is 19.8 Å². The highest BCUT2D eigenvalue weighted by molar-refractivity contribution is 9.11. The van der Waals surface area contributed by atoms with E-state index in [-0.39, 0.29) is 16.4 Å². The zero-order chi connectivity index (χ0) is 19.0. The fourth-order valence-electron chi connectivity index (χ4n) is 2.32. The first kappa shape index (κ1) is 18.7. The quantitative estimate of drug-likeness (QED) is 0.373. The number of hydrogen-bond donors (Lipinski definition) is 2. The van der Waals surface area contributed by atoms with Crippen molar-refractivity contribution >= 4 is 72.8 Å². The summed E-state index contributed by atoms with van der Waals surface area (Å²) in [4.78, 5) is 26.2. The highest BCUT2D eigenvalue weighted by Crippen LogP contribution is 2.34. The van der Waals surface area contributed by atoms with Gasteiger partial charge < -0.3 is 5.11 Å². The number of halogens is 3. The average Bonchev–Trinajstić information content (AvgIpc) is 2.58. The van der Waals surface area contributed by atoms with Gasteiger partial charge >= 0.3 is 0 Å². The molecule has 0 unspecified atom stereocenters. The Morgan fingerprint density at radius 1 is 1.12 bits per heavy atom. The first-order chi connectivity index (χ1) is 12.3. The lowest BCUT2D eigenvalue weighted by Gasteiger charge is -2.28. The van der Waals surface area contributed by atoms with E-state index in [0.717, 1.165) is 4.90 Å². The van der Waals surface area contributed by atoms with Gasteiger partial charge in [0.05, 0.1) is 14.6 Å². The van der Waals surface area contributed by atoms with E-state index in [1.165, 1.54) is 30.3 Å². The van der Waals surface area contributed by atoms with Crippen LogP contribution in [0.2, 0.25) is 0 Å². The van der Waals surface area contributed by atoms with Crippen molar-refractivity contribution < 1.29 is 19.1 Å². The standard InChI is InChI=1S/C17H9Br2FN2O3S/c18-12-6-8(7-13(19)14(12)23)5-11-15(24)21-17(26)22(16(11)25)10-3-1-9(20)2-4-10/h1-7,23H,(H,21,24,26)/b11-5-. The molecule has 2 amide bonds. The molecule has 0 aromatic heterocycles. The molecule has 1 fully saturated rings. The molecule has 1 aliphatic heterocycles. The number of amides is 2. The van der Waals surface area contributed by atoms with Gasteiger partial charge in [-0.05, 0) is 92.1 Å². The monoisotopic (exact) mass is 498 g/mol. The molecule has 0 bridgehead atoms. The van der Waals surface area contributed by atoms with Crippen LogP contribution < -0.4 is 10.2 Å². The molecule has 132 valence electrons. The lowest BCUT2D eigenvalue weighted by molar-refractivity contribution is -0.122. The SMILES string of the molecule is O=C1NC(=S)N(c2ccc(F)cc2)C(=O)/C1=C\c1cc(Br)c(O)c(Br)c1. The zero-order valence-electron chi connectivity index (χ0n) is 12.8. The Bertz CT molecular complexity index is 953. The highest BCUT2D eigenvalue weighted by Gasteiger charge is 2.34. The third-order valence-electron chi connectivity index (χ3n) is 3.54. The van der Waals surface area contributed by atoms with Gasteiger partial charge in [-0.25, -0.2) is 4.39 Å². The number of phenols is 1. The molecule has 26 heavy (non-hydrogen) atoms. The summed E-state index contributed by atoms with van der Waals surface area (Å²) in [6.45, 7) is 0. The van der Waals surface area contributed by atoms with Crippen molar-refractivity contribution in [2.75, 3.05) is 4.90 Å². The van der Waals surface area contributed by atoms with Crippen LogP contribution in [0, 0.1) is 5.82 Å². The summed E-state index contributed by atoms with van der Waals surface area (Å²) in [6, 6.07) is 8.29. The van der Waals surface area contributed by atoms with Gasteiger partial charge in [0.2, 0.25) is 0 Å². The van der Waals surface area contributed by atoms with Crippen LogP contribution in [0.5, 0.6) is 5.75 Å². The van der Waals surface area contributed by atoms with E-state index < -0.39 is 17.6 Å². The van der Waals surface area contributed by atoms with E-state index in [4.69, 9.17) is 12.2 Å². The van der Waals surface area contributed by atoms with Crippen molar-refractivity contribution in [2.24, 2.45) is 0 Å². The van der Waals surface area contributed by atoms with Gasteiger partial charge in [0.1, 0.15) is 17.1 Å². The number of aromatic hydroxyl groups is 1. The fraction of sp³-hybridized carbons (Fsp3) is 0. The van der Waals surface area contributed by atoms with Gasteiger partial charge in [-0.15, -0.1) is 0 Å². The third kappa shape index (κ3) is 3.55. The second-order valence-electron chi connectivity index (χ2n) is 5.27. The summed E-state index contributed by atoms with van der Waals surface area (Å²) >= 11 is 11.5. The summed E-state index contributed by atoms with van der Waals surface area (Å²) in [5.74, 6) is -1.73. The molecule has 5 nitrogen and oxygen atoms in total. The molecule has 0 radical (unpaired) electrons. The molecule has 0 atom stereocenters. The molecule has 1 aliphatic rings. The van der Waals surface area contributed by atoms with Crippen molar-refractivity contribution in [2.45, 2.75) is 0 Å². The average molecular weight is 500 g/mol. The molecule has 9 heteroatoms. The maximum Gasteiger partial charge on any atom is 0.270 e. The van der Waals surface area contributed by atoms with E-state index in [9.17, 15) is 19.1 Å². The van der Waals surface area contributed by atoms with Gasteiger partial charge in [-0.2, -0.15) is 0 Å². The van der Waals surface area contributed by atoms with E-state index in [0.29, 0.717) is 20.2 Å². The number of carbonyl (C=O) groups excluding carboxylic acids is 2. The normalized spacial score (nSPS) is 16.2. The topological polar surface area (TPSA) is 69.6 Å². The van der Waals surface area contributed by atoms with Crippen LogP contribution >= 0.6 is 44.1 Å². The molecular weight excluding hydrogens is 491 g/mol. The predicted octanol–water partition coefficient (Wildman–Crippen LogP) is 3.89. The molecule has 0 saturated carbocycles. The summed E-state index contributed by atoms with van der Waals surface area (Å²) in [5, 5.41) is 12.1. The number of hydrogen-bond acceptors (Lipinski definition) is 4. The minimum absolute atomic E-state index is 0.000638. The molecule has 3 rings (SSSR count). The van der Waals surface area contributed by atoms with Crippen LogP contribution in [0.25, 0.3) is 6.08 Å². The van der Waals surface area contributed by atoms with E-state index in [1.807, 2.05) is 0 Å². The highest BCUT2D eigenvalue weighted by atomic mass is 79.9. The second-order valence-corrected chi connectivity index (χ2v) is 7.36. The first-order valence-electron chi connectivity index (χ1n) is 7.13. The lowest BCUT2D eigenvalue weighted by Crippen LogP contribution is -2.54. The maximum absolute atomic E-state index is 13.1. The molecule has 2 N–H and O–H groups in total. The minimum Gasteiger partial charge on any atom is -0.506 e. The Hall–Kier alpha value is -2.10. The molecule has 1 saturated heterocycles. The van der Waals surface area contributed by atoms with Gasteiger partial charge in [0, 0.05) is 0 Å². The van der Waals surface area contributed by atoms with Crippen LogP contribution in [0.3, 0.4) is 0 Å². The smallest absolute Gasteiger partial charge is 0.270 e.